The van der Waals surface area contributed by atoms with Crippen LogP contribution in [0.2, 0.25) is 0 Å². The zero-order valence-corrected chi connectivity index (χ0v) is 12.2. The van der Waals surface area contributed by atoms with E-state index in [2.05, 4.69) is 0 Å². The Bertz CT molecular complexity index is 602. The molecule has 2 aromatic carbocycles. The maximum absolute atomic E-state index is 14.8. The molecule has 2 aromatic rings. The number of rotatable bonds is 3. The van der Waals surface area contributed by atoms with Crippen LogP contribution in [0.4, 0.5) is 4.39 Å². The first-order chi connectivity index (χ1) is 9.67. The summed E-state index contributed by atoms with van der Waals surface area (Å²) in [5.74, 6) is 0. The first-order valence-electron chi connectivity index (χ1n) is 6.25. The highest BCUT2D eigenvalue weighted by Gasteiger charge is 2.44. The maximum atomic E-state index is 14.8. The molecule has 3 rings (SSSR count). The fraction of sp³-hybridized carbons (Fsp3) is 0.125. The van der Waals surface area contributed by atoms with Crippen molar-refractivity contribution in [3.05, 3.63) is 66.2 Å². The summed E-state index contributed by atoms with van der Waals surface area (Å²) in [6.07, 6.45) is 2.10. The lowest BCUT2D eigenvalue weighted by Crippen LogP contribution is -2.27. The summed E-state index contributed by atoms with van der Waals surface area (Å²) in [6, 6.07) is 17.1. The van der Waals surface area contributed by atoms with E-state index in [1.54, 1.807) is 6.08 Å². The summed E-state index contributed by atoms with van der Waals surface area (Å²) in [5, 5.41) is 10.1. The second kappa shape index (κ2) is 5.64. The van der Waals surface area contributed by atoms with Gasteiger partial charge in [-0.15, -0.1) is 0 Å². The molecule has 0 fully saturated rings. The van der Waals surface area contributed by atoms with Crippen LogP contribution in [0, 0.1) is 0 Å². The van der Waals surface area contributed by atoms with Crippen molar-refractivity contribution in [2.24, 2.45) is 0 Å². The molecule has 4 heteroatoms. The Morgan fingerprint density at radius 1 is 0.950 bits per heavy atom. The van der Waals surface area contributed by atoms with E-state index >= 15 is 0 Å². The Kier molecular flexibility index (Phi) is 3.87. The molecule has 0 spiro atoms. The number of hydrogen-bond donors (Lipinski definition) is 1. The monoisotopic (exact) mass is 304 g/mol. The van der Waals surface area contributed by atoms with Crippen LogP contribution in [0.15, 0.2) is 70.5 Å². The lowest BCUT2D eigenvalue weighted by atomic mass is 10.2. The molecule has 0 saturated heterocycles. The van der Waals surface area contributed by atoms with Crippen molar-refractivity contribution in [2.75, 3.05) is 0 Å². The molecule has 1 unspecified atom stereocenters. The van der Waals surface area contributed by atoms with Gasteiger partial charge < -0.3 is 5.11 Å². The predicted molar refractivity (Wildman–Crippen MR) is 83.5 cm³/mol. The van der Waals surface area contributed by atoms with E-state index in [1.165, 1.54) is 6.08 Å². The molecule has 1 nitrogen and oxygen atoms in total. The molecule has 1 atom stereocenters. The second-order valence-electron chi connectivity index (χ2n) is 4.45. The van der Waals surface area contributed by atoms with Crippen molar-refractivity contribution < 1.29 is 9.50 Å². The number of fused-ring (bicyclic) bond motifs is 1. The first-order valence-corrected chi connectivity index (χ1v) is 7.88. The van der Waals surface area contributed by atoms with Crippen LogP contribution in [0.3, 0.4) is 0 Å². The van der Waals surface area contributed by atoms with Crippen molar-refractivity contribution in [1.29, 1.82) is 0 Å². The normalized spacial score (nSPS) is 18.1. The summed E-state index contributed by atoms with van der Waals surface area (Å²) < 4.78 is 13.1. The van der Waals surface area contributed by atoms with Gasteiger partial charge in [0.2, 0.25) is 4.33 Å². The summed E-state index contributed by atoms with van der Waals surface area (Å²) >= 11 is 2.15. The average Bonchev–Trinajstić information content (AvgIpc) is 2.83. The molecule has 0 aliphatic carbocycles. The molecule has 1 heterocycles. The first kappa shape index (κ1) is 13.7. The fourth-order valence-corrected chi connectivity index (χ4v) is 4.53. The van der Waals surface area contributed by atoms with Crippen LogP contribution < -0.4 is 0 Å². The molecule has 0 radical (unpaired) electrons. The van der Waals surface area contributed by atoms with Gasteiger partial charge in [-0.05, 0) is 17.7 Å². The third-order valence-electron chi connectivity index (χ3n) is 2.97. The van der Waals surface area contributed by atoms with Gasteiger partial charge in [-0.25, -0.2) is 4.39 Å². The van der Waals surface area contributed by atoms with Gasteiger partial charge in [0.15, 0.2) is 0 Å². The van der Waals surface area contributed by atoms with Gasteiger partial charge in [0, 0.05) is 9.79 Å². The predicted octanol–water partition coefficient (Wildman–Crippen LogP) is 4.58. The van der Waals surface area contributed by atoms with Gasteiger partial charge in [-0.3, -0.25) is 0 Å². The molecule has 1 aliphatic rings. The topological polar surface area (TPSA) is 20.2 Å². The van der Waals surface area contributed by atoms with Crippen LogP contribution in [-0.4, -0.2) is 15.5 Å². The van der Waals surface area contributed by atoms with E-state index in [-0.39, 0.29) is 0 Å². The van der Waals surface area contributed by atoms with Gasteiger partial charge in [-0.1, -0.05) is 78.1 Å². The minimum atomic E-state index is -1.75. The third-order valence-corrected chi connectivity index (χ3v) is 5.79. The molecule has 0 bridgehead atoms. The number of aliphatic hydroxyl groups is 1. The minimum Gasteiger partial charge on any atom is -0.384 e. The molecule has 20 heavy (non-hydrogen) atoms. The van der Waals surface area contributed by atoms with Crippen LogP contribution >= 0.6 is 23.5 Å². The lowest BCUT2D eigenvalue weighted by Gasteiger charge is -2.21. The average molecular weight is 304 g/mol. The van der Waals surface area contributed by atoms with Gasteiger partial charge >= 0.3 is 0 Å². The number of alkyl halides is 1. The minimum absolute atomic E-state index is 0.882. The zero-order chi connectivity index (χ0) is 14.0. The molecular formula is C16H13FOS2. The Hall–Kier alpha value is -1.23. The van der Waals surface area contributed by atoms with Crippen LogP contribution in [0.5, 0.6) is 0 Å². The van der Waals surface area contributed by atoms with Gasteiger partial charge in [0.1, 0.15) is 6.10 Å². The summed E-state index contributed by atoms with van der Waals surface area (Å²) in [7, 11) is 0. The number of thioether (sulfide) groups is 2. The largest absolute Gasteiger partial charge is 0.384 e. The Morgan fingerprint density at radius 3 is 2.10 bits per heavy atom. The van der Waals surface area contributed by atoms with Crippen molar-refractivity contribution >= 4 is 29.6 Å². The van der Waals surface area contributed by atoms with E-state index in [1.807, 2.05) is 54.6 Å². The Balaban J connectivity index is 1.75. The van der Waals surface area contributed by atoms with E-state index < -0.39 is 10.4 Å². The highest BCUT2D eigenvalue weighted by molar-refractivity contribution is 8.20. The summed E-state index contributed by atoms with van der Waals surface area (Å²) in [4.78, 5) is 1.76. The maximum Gasteiger partial charge on any atom is 0.240 e. The van der Waals surface area contributed by atoms with Crippen molar-refractivity contribution in [3.8, 4) is 0 Å². The number of halogens is 1. The second-order valence-corrected chi connectivity index (χ2v) is 7.18. The molecule has 0 aromatic heterocycles. The van der Waals surface area contributed by atoms with Gasteiger partial charge in [-0.2, -0.15) is 0 Å². The molecule has 1 N–H and O–H groups in total. The van der Waals surface area contributed by atoms with E-state index in [0.717, 1.165) is 38.9 Å². The highest BCUT2D eigenvalue weighted by atomic mass is 32.2. The molecule has 1 aliphatic heterocycles. The standard InChI is InChI=1S/C16H13FOS2/c17-16(19-13-8-4-5-9-14(13)20-16)15(18)11-10-12-6-2-1-3-7-12/h1-11,15,18H. The number of hydrogen-bond acceptors (Lipinski definition) is 3. The van der Waals surface area contributed by atoms with Crippen LogP contribution in [-0.2, 0) is 0 Å². The SMILES string of the molecule is OC(C=Cc1ccccc1)C1(F)Sc2ccccc2S1. The molecule has 0 saturated carbocycles. The van der Waals surface area contributed by atoms with Crippen molar-refractivity contribution in [2.45, 2.75) is 20.2 Å². The molecule has 0 amide bonds. The molecule has 102 valence electrons. The number of aliphatic hydroxyl groups excluding tert-OH is 1. The quantitative estimate of drug-likeness (QED) is 0.896. The van der Waals surface area contributed by atoms with E-state index in [9.17, 15) is 9.50 Å². The van der Waals surface area contributed by atoms with E-state index in [4.69, 9.17) is 0 Å². The summed E-state index contributed by atoms with van der Waals surface area (Å²) in [5.41, 5.74) is 0.945. The van der Waals surface area contributed by atoms with Crippen LogP contribution in [0.1, 0.15) is 5.56 Å². The Morgan fingerprint density at radius 2 is 1.50 bits per heavy atom. The smallest absolute Gasteiger partial charge is 0.240 e. The van der Waals surface area contributed by atoms with Gasteiger partial charge in [0.25, 0.3) is 0 Å². The highest BCUT2D eigenvalue weighted by Crippen LogP contribution is 2.58. The van der Waals surface area contributed by atoms with Crippen molar-refractivity contribution in [3.63, 3.8) is 0 Å². The zero-order valence-electron chi connectivity index (χ0n) is 10.6. The van der Waals surface area contributed by atoms with Crippen LogP contribution in [0.25, 0.3) is 6.08 Å². The third kappa shape index (κ3) is 2.77. The lowest BCUT2D eigenvalue weighted by molar-refractivity contribution is 0.149. The summed E-state index contributed by atoms with van der Waals surface area (Å²) in [6.45, 7) is 0. The molecular weight excluding hydrogens is 291 g/mol. The van der Waals surface area contributed by atoms with Crippen molar-refractivity contribution in [1.82, 2.24) is 0 Å². The fourth-order valence-electron chi connectivity index (χ4n) is 1.94. The Labute approximate surface area is 125 Å². The van der Waals surface area contributed by atoms with Gasteiger partial charge in [0.05, 0.1) is 0 Å². The van der Waals surface area contributed by atoms with E-state index in [0.29, 0.717) is 0 Å². The number of benzene rings is 2.